The van der Waals surface area contributed by atoms with Crippen LogP contribution >= 0.6 is 6.72 Å². The van der Waals surface area contributed by atoms with Crippen LogP contribution in [0.5, 0.6) is 0 Å². The molecule has 40 heavy (non-hydrogen) atoms. The summed E-state index contributed by atoms with van der Waals surface area (Å²) in [7, 11) is 4.54. The van der Waals surface area contributed by atoms with E-state index in [1.165, 1.54) is 0 Å². The molecule has 1 spiro atoms. The van der Waals surface area contributed by atoms with Crippen LogP contribution in [0.2, 0.25) is 6.55 Å². The lowest BCUT2D eigenvalue weighted by atomic mass is 10.1. The van der Waals surface area contributed by atoms with Crippen molar-refractivity contribution in [2.45, 2.75) is 127 Å². The number of rotatable bonds is 13. The number of fused-ring (bicyclic) bond motifs is 1. The van der Waals surface area contributed by atoms with Crippen LogP contribution in [0.15, 0.2) is 0 Å². The highest BCUT2D eigenvalue weighted by Gasteiger charge is 2.60. The fourth-order valence-electron chi connectivity index (χ4n) is 6.66. The lowest BCUT2D eigenvalue weighted by Gasteiger charge is -2.34. The summed E-state index contributed by atoms with van der Waals surface area (Å²) in [5, 5.41) is 14.0. The molecule has 0 bridgehead atoms. The van der Waals surface area contributed by atoms with Crippen LogP contribution in [-0.4, -0.2) is 103 Å². The molecule has 3 radical (unpaired) electrons. The molecule has 3 heterocycles. The van der Waals surface area contributed by atoms with E-state index in [9.17, 15) is 5.11 Å². The van der Waals surface area contributed by atoms with E-state index in [1.807, 2.05) is 20.4 Å². The molecular formula is C26H46BNO9PSSi. The third-order valence-electron chi connectivity index (χ3n) is 8.63. The normalized spacial score (nSPS) is 42.2. The van der Waals surface area contributed by atoms with Crippen LogP contribution in [0.4, 0.5) is 0 Å². The van der Waals surface area contributed by atoms with Crippen molar-refractivity contribution in [1.82, 2.24) is 5.32 Å². The molecule has 0 amide bonds. The molecule has 3 aliphatic heterocycles. The van der Waals surface area contributed by atoms with Crippen LogP contribution in [-0.2, 0) is 48.8 Å². The second kappa shape index (κ2) is 13.7. The van der Waals surface area contributed by atoms with Gasteiger partial charge in [0.25, 0.3) is 0 Å². The predicted molar refractivity (Wildman–Crippen MR) is 155 cm³/mol. The number of ether oxygens (including phenoxy) is 4. The van der Waals surface area contributed by atoms with Gasteiger partial charge in [0.2, 0.25) is 0 Å². The van der Waals surface area contributed by atoms with Crippen molar-refractivity contribution in [3.63, 3.8) is 0 Å². The van der Waals surface area contributed by atoms with Crippen molar-refractivity contribution in [2.24, 2.45) is 11.8 Å². The molecule has 2 aliphatic carbocycles. The quantitative estimate of drug-likeness (QED) is 0.235. The van der Waals surface area contributed by atoms with Crippen LogP contribution < -0.4 is 5.32 Å². The fraction of sp³-hybridized carbons (Fsp3) is 1.00. The van der Waals surface area contributed by atoms with Gasteiger partial charge in [0.1, 0.15) is 24.4 Å². The minimum Gasteiger partial charge on any atom is -0.424 e. The number of hydrogen-bond acceptors (Lipinski definition) is 11. The van der Waals surface area contributed by atoms with Crippen molar-refractivity contribution in [2.75, 3.05) is 26.3 Å². The highest BCUT2D eigenvalue weighted by atomic mass is 32.5. The van der Waals surface area contributed by atoms with Crippen LogP contribution in [0.25, 0.3) is 0 Å². The van der Waals surface area contributed by atoms with E-state index >= 15 is 0 Å². The van der Waals surface area contributed by atoms with Crippen molar-refractivity contribution in [3.05, 3.63) is 0 Å². The zero-order chi connectivity index (χ0) is 28.5. The Kier molecular flexibility index (Phi) is 10.9. The van der Waals surface area contributed by atoms with Gasteiger partial charge in [-0.3, -0.25) is 4.52 Å². The molecule has 2 saturated carbocycles. The fourth-order valence-corrected chi connectivity index (χ4v) is 9.55. The van der Waals surface area contributed by atoms with E-state index < -0.39 is 46.0 Å². The van der Waals surface area contributed by atoms with E-state index in [2.05, 4.69) is 12.2 Å². The summed E-state index contributed by atoms with van der Waals surface area (Å²) in [6.07, 6.45) is 3.05. The smallest absolute Gasteiger partial charge is 0.328 e. The molecule has 11 unspecified atom stereocenters. The van der Waals surface area contributed by atoms with Gasteiger partial charge in [-0.2, -0.15) is 0 Å². The van der Waals surface area contributed by atoms with Gasteiger partial charge in [-0.25, -0.2) is 0 Å². The van der Waals surface area contributed by atoms with Gasteiger partial charge in [0.05, 0.1) is 39.0 Å². The van der Waals surface area contributed by atoms with E-state index in [4.69, 9.17) is 56.2 Å². The van der Waals surface area contributed by atoms with Gasteiger partial charge >= 0.3 is 6.72 Å². The standard InChI is InChI=1S/C26H46BNO9PSSi/c1-5-28-13-21-23(24-25(33-21)35-26(34-24)8-6-7-9-26)37-38(39,30-14-18-10-16(2)11-19(18)29)36-20-12-17(3)32-22(20)15-31-40(4)27/h16-25,28-29H,5-15H2,1-4H3. The number of hydrogen-bond donors (Lipinski definition) is 2. The van der Waals surface area contributed by atoms with E-state index in [-0.39, 0.29) is 36.9 Å². The Morgan fingerprint density at radius 3 is 2.52 bits per heavy atom. The Balaban J connectivity index is 1.35. The molecule has 5 aliphatic rings. The van der Waals surface area contributed by atoms with Crippen molar-refractivity contribution in [3.8, 4) is 0 Å². The van der Waals surface area contributed by atoms with Gasteiger partial charge in [0, 0.05) is 31.7 Å². The summed E-state index contributed by atoms with van der Waals surface area (Å²) >= 11 is 6.13. The molecule has 3 saturated heterocycles. The molecule has 0 aromatic carbocycles. The molecular weight excluding hydrogens is 572 g/mol. The molecule has 227 valence electrons. The zero-order valence-electron chi connectivity index (χ0n) is 24.2. The Morgan fingerprint density at radius 2 is 1.85 bits per heavy atom. The maximum absolute atomic E-state index is 10.6. The second-order valence-electron chi connectivity index (χ2n) is 12.2. The second-order valence-corrected chi connectivity index (χ2v) is 16.6. The largest absolute Gasteiger partial charge is 0.424 e. The first-order chi connectivity index (χ1) is 19.1. The third-order valence-corrected chi connectivity index (χ3v) is 11.6. The van der Waals surface area contributed by atoms with Crippen LogP contribution in [0, 0.1) is 11.8 Å². The van der Waals surface area contributed by atoms with E-state index in [1.54, 1.807) is 0 Å². The molecule has 10 nitrogen and oxygen atoms in total. The molecule has 5 rings (SSSR count). The zero-order valence-corrected chi connectivity index (χ0v) is 26.9. The Morgan fingerprint density at radius 1 is 1.07 bits per heavy atom. The monoisotopic (exact) mass is 618 g/mol. The predicted octanol–water partition coefficient (Wildman–Crippen LogP) is 2.91. The van der Waals surface area contributed by atoms with Gasteiger partial charge in [-0.15, -0.1) is 0 Å². The molecule has 2 N–H and O–H groups in total. The first-order valence-electron chi connectivity index (χ1n) is 15.0. The number of aliphatic hydroxyl groups excluding tert-OH is 1. The van der Waals surface area contributed by atoms with E-state index in [0.29, 0.717) is 25.5 Å². The minimum atomic E-state index is -3.37. The number of aliphatic hydroxyl groups is 1. The van der Waals surface area contributed by atoms with Crippen LogP contribution in [0.1, 0.15) is 65.7 Å². The Hall–Kier alpha value is 0.532. The molecule has 5 fully saturated rings. The summed E-state index contributed by atoms with van der Waals surface area (Å²) in [6, 6.07) is 0. The van der Waals surface area contributed by atoms with Gasteiger partial charge in [0.15, 0.2) is 21.0 Å². The summed E-state index contributed by atoms with van der Waals surface area (Å²) in [4.78, 5) is 0. The van der Waals surface area contributed by atoms with Gasteiger partial charge < -0.3 is 42.8 Å². The molecule has 0 aromatic rings. The molecule has 0 aromatic heterocycles. The van der Waals surface area contributed by atoms with Crippen molar-refractivity contribution in [1.29, 1.82) is 0 Å². The third kappa shape index (κ3) is 7.60. The SMILES string of the molecule is [B][Si](C)OCC1OC(C)CC1OP(=S)(OCC1CC(C)CC1O)OC1C(CNCC)OC2OC3(CCCC3)OC21. The number of likely N-dealkylation sites (N-methyl/N-ethyl adjacent to an activating group) is 1. The summed E-state index contributed by atoms with van der Waals surface area (Å²) in [5.74, 6) is -0.217. The van der Waals surface area contributed by atoms with Gasteiger partial charge in [-0.1, -0.05) is 20.4 Å². The first-order valence-corrected chi connectivity index (χ1v) is 19.5. The average Bonchev–Trinajstić information content (AvgIpc) is 3.69. The van der Waals surface area contributed by atoms with E-state index in [0.717, 1.165) is 45.1 Å². The lowest BCUT2D eigenvalue weighted by molar-refractivity contribution is -0.228. The summed E-state index contributed by atoms with van der Waals surface area (Å²) in [6.45, 7) is 6.63. The molecule has 14 heteroatoms. The first kappa shape index (κ1) is 31.9. The average molecular weight is 619 g/mol. The van der Waals surface area contributed by atoms with Crippen LogP contribution in [0.3, 0.4) is 0 Å². The highest BCUT2D eigenvalue weighted by molar-refractivity contribution is 8.07. The summed E-state index contributed by atoms with van der Waals surface area (Å²) in [5.41, 5.74) is 0. The highest BCUT2D eigenvalue weighted by Crippen LogP contribution is 2.58. The summed E-state index contributed by atoms with van der Waals surface area (Å²) < 4.78 is 50.9. The van der Waals surface area contributed by atoms with Gasteiger partial charge in [-0.05, 0) is 56.9 Å². The minimum absolute atomic E-state index is 0.0251. The number of nitrogens with one attached hydrogen (secondary N) is 1. The lowest BCUT2D eigenvalue weighted by Crippen LogP contribution is -2.42. The van der Waals surface area contributed by atoms with Crippen molar-refractivity contribution < 1.29 is 42.1 Å². The Labute approximate surface area is 247 Å². The molecule has 11 atom stereocenters. The Bertz CT molecular complexity index is 889. The maximum atomic E-state index is 10.6. The topological polar surface area (TPSA) is 106 Å². The van der Waals surface area contributed by atoms with Crippen molar-refractivity contribution >= 4 is 34.9 Å². The maximum Gasteiger partial charge on any atom is 0.328 e.